The van der Waals surface area contributed by atoms with E-state index in [4.69, 9.17) is 0 Å². The van der Waals surface area contributed by atoms with Crippen molar-refractivity contribution in [3.8, 4) is 11.8 Å². The first-order valence-electron chi connectivity index (χ1n) is 5.30. The molecular formula is C12H19NO. The van der Waals surface area contributed by atoms with Gasteiger partial charge in [-0.25, -0.2) is 0 Å². The molecule has 0 unspecified atom stereocenters. The van der Waals surface area contributed by atoms with Crippen molar-refractivity contribution < 1.29 is 4.79 Å². The Morgan fingerprint density at radius 2 is 2.07 bits per heavy atom. The zero-order valence-corrected chi connectivity index (χ0v) is 9.55. The van der Waals surface area contributed by atoms with Gasteiger partial charge in [0.2, 0.25) is 5.78 Å². The lowest BCUT2D eigenvalue weighted by atomic mass is 10.1. The molecule has 1 aliphatic rings. The van der Waals surface area contributed by atoms with Crippen molar-refractivity contribution in [1.29, 1.82) is 0 Å². The van der Waals surface area contributed by atoms with E-state index in [1.807, 2.05) is 13.8 Å². The molecule has 0 amide bonds. The predicted octanol–water partition coefficient (Wildman–Crippen LogP) is 1.70. The number of ketones is 1. The first-order valence-corrected chi connectivity index (χ1v) is 5.30. The molecule has 0 spiro atoms. The standard InChI is InChI=1S/C12H19NO/c1-5-13(4)12(8-9-12)7-6-11(14)10(2)3/h10H,5,8-9H2,1-4H3. The minimum absolute atomic E-state index is 0.0271. The SMILES string of the molecule is CCN(C)C1(C#CC(=O)C(C)C)CC1. The molecule has 0 aromatic heterocycles. The van der Waals surface area contributed by atoms with Gasteiger partial charge in [-0.3, -0.25) is 9.69 Å². The molecule has 0 radical (unpaired) electrons. The third-order valence-corrected chi connectivity index (χ3v) is 2.87. The smallest absolute Gasteiger partial charge is 0.208 e. The average molecular weight is 193 g/mol. The Hall–Kier alpha value is -0.810. The molecule has 78 valence electrons. The minimum Gasteiger partial charge on any atom is -0.291 e. The molecule has 14 heavy (non-hydrogen) atoms. The number of rotatable bonds is 3. The van der Waals surface area contributed by atoms with Crippen LogP contribution in [0.25, 0.3) is 0 Å². The third-order valence-electron chi connectivity index (χ3n) is 2.87. The lowest BCUT2D eigenvalue weighted by molar-refractivity contribution is -0.116. The molecule has 1 fully saturated rings. The molecule has 0 bridgehead atoms. The van der Waals surface area contributed by atoms with Crippen molar-refractivity contribution >= 4 is 5.78 Å². The summed E-state index contributed by atoms with van der Waals surface area (Å²) in [6, 6.07) is 0. The van der Waals surface area contributed by atoms with Crippen molar-refractivity contribution in [3.63, 3.8) is 0 Å². The summed E-state index contributed by atoms with van der Waals surface area (Å²) in [6.45, 7) is 6.89. The van der Waals surface area contributed by atoms with E-state index >= 15 is 0 Å². The van der Waals surface area contributed by atoms with E-state index in [0.29, 0.717) is 0 Å². The fourth-order valence-corrected chi connectivity index (χ4v) is 1.35. The molecule has 2 nitrogen and oxygen atoms in total. The number of carbonyl (C=O) groups excluding carboxylic acids is 1. The maximum atomic E-state index is 11.3. The van der Waals surface area contributed by atoms with Gasteiger partial charge in [0, 0.05) is 5.92 Å². The maximum Gasteiger partial charge on any atom is 0.208 e. The lowest BCUT2D eigenvalue weighted by Gasteiger charge is -2.20. The van der Waals surface area contributed by atoms with Crippen molar-refractivity contribution in [2.24, 2.45) is 5.92 Å². The second-order valence-electron chi connectivity index (χ2n) is 4.31. The highest BCUT2D eigenvalue weighted by Crippen LogP contribution is 2.39. The summed E-state index contributed by atoms with van der Waals surface area (Å²) in [5.41, 5.74) is 0.0271. The van der Waals surface area contributed by atoms with E-state index in [1.54, 1.807) is 0 Å². The van der Waals surface area contributed by atoms with Crippen molar-refractivity contribution in [2.75, 3.05) is 13.6 Å². The summed E-state index contributed by atoms with van der Waals surface area (Å²) < 4.78 is 0. The van der Waals surface area contributed by atoms with Gasteiger partial charge in [0.15, 0.2) is 0 Å². The zero-order valence-electron chi connectivity index (χ0n) is 9.55. The molecule has 0 heterocycles. The van der Waals surface area contributed by atoms with Crippen LogP contribution in [-0.4, -0.2) is 29.8 Å². The van der Waals surface area contributed by atoms with Crippen LogP contribution < -0.4 is 0 Å². The third kappa shape index (κ3) is 2.36. The fraction of sp³-hybridized carbons (Fsp3) is 0.750. The van der Waals surface area contributed by atoms with E-state index in [0.717, 1.165) is 19.4 Å². The molecule has 0 saturated heterocycles. The molecule has 0 aliphatic heterocycles. The first-order chi connectivity index (χ1) is 6.52. The quantitative estimate of drug-likeness (QED) is 0.502. The van der Waals surface area contributed by atoms with E-state index in [1.165, 1.54) is 0 Å². The van der Waals surface area contributed by atoms with Crippen LogP contribution in [0, 0.1) is 17.8 Å². The topological polar surface area (TPSA) is 20.3 Å². The van der Waals surface area contributed by atoms with E-state index < -0.39 is 0 Å². The highest BCUT2D eigenvalue weighted by Gasteiger charge is 2.44. The summed E-state index contributed by atoms with van der Waals surface area (Å²) >= 11 is 0. The van der Waals surface area contributed by atoms with Gasteiger partial charge in [-0.2, -0.15) is 0 Å². The van der Waals surface area contributed by atoms with Crippen LogP contribution in [0.5, 0.6) is 0 Å². The highest BCUT2D eigenvalue weighted by molar-refractivity contribution is 5.97. The Labute approximate surface area is 86.7 Å². The Morgan fingerprint density at radius 1 is 1.50 bits per heavy atom. The van der Waals surface area contributed by atoms with Crippen LogP contribution in [0.15, 0.2) is 0 Å². The highest BCUT2D eigenvalue weighted by atomic mass is 16.1. The van der Waals surface area contributed by atoms with Crippen LogP contribution >= 0.6 is 0 Å². The number of hydrogen-bond acceptors (Lipinski definition) is 2. The van der Waals surface area contributed by atoms with Crippen LogP contribution in [0.2, 0.25) is 0 Å². The molecular weight excluding hydrogens is 174 g/mol. The average Bonchev–Trinajstić information content (AvgIpc) is 2.93. The van der Waals surface area contributed by atoms with Gasteiger partial charge in [-0.15, -0.1) is 0 Å². The van der Waals surface area contributed by atoms with E-state index in [2.05, 4.69) is 30.7 Å². The lowest BCUT2D eigenvalue weighted by Crippen LogP contribution is -2.32. The fourth-order valence-electron chi connectivity index (χ4n) is 1.35. The van der Waals surface area contributed by atoms with Gasteiger partial charge in [0.1, 0.15) is 0 Å². The van der Waals surface area contributed by atoms with Crippen LogP contribution in [0.4, 0.5) is 0 Å². The molecule has 1 aliphatic carbocycles. The number of carbonyl (C=O) groups is 1. The van der Waals surface area contributed by atoms with Gasteiger partial charge < -0.3 is 0 Å². The molecule has 0 aromatic carbocycles. The first kappa shape index (κ1) is 11.3. The van der Waals surface area contributed by atoms with Gasteiger partial charge in [-0.1, -0.05) is 26.7 Å². The second kappa shape index (κ2) is 4.14. The Balaban J connectivity index is 2.63. The largest absolute Gasteiger partial charge is 0.291 e. The molecule has 1 saturated carbocycles. The summed E-state index contributed by atoms with van der Waals surface area (Å²) in [7, 11) is 2.07. The van der Waals surface area contributed by atoms with Gasteiger partial charge >= 0.3 is 0 Å². The molecule has 2 heteroatoms. The van der Waals surface area contributed by atoms with Crippen LogP contribution in [0.1, 0.15) is 33.6 Å². The molecule has 0 atom stereocenters. The minimum atomic E-state index is 0.0271. The normalized spacial score (nSPS) is 17.9. The van der Waals surface area contributed by atoms with Crippen LogP contribution in [0.3, 0.4) is 0 Å². The van der Waals surface area contributed by atoms with E-state index in [-0.39, 0.29) is 17.2 Å². The van der Waals surface area contributed by atoms with Crippen molar-refractivity contribution in [1.82, 2.24) is 4.90 Å². The number of nitrogens with zero attached hydrogens (tertiary/aromatic N) is 1. The predicted molar refractivity (Wildman–Crippen MR) is 57.9 cm³/mol. The molecule has 0 N–H and O–H groups in total. The number of Topliss-reactive ketones (excluding diaryl/α,β-unsaturated/α-hetero) is 1. The summed E-state index contributed by atoms with van der Waals surface area (Å²) in [6.07, 6.45) is 2.21. The van der Waals surface area contributed by atoms with E-state index in [9.17, 15) is 4.79 Å². The monoisotopic (exact) mass is 193 g/mol. The summed E-state index contributed by atoms with van der Waals surface area (Å²) in [4.78, 5) is 13.6. The Kier molecular flexibility index (Phi) is 3.34. The Morgan fingerprint density at radius 3 is 2.43 bits per heavy atom. The molecule has 1 rings (SSSR count). The van der Waals surface area contributed by atoms with Gasteiger partial charge in [0.25, 0.3) is 0 Å². The van der Waals surface area contributed by atoms with Crippen LogP contribution in [-0.2, 0) is 4.79 Å². The summed E-state index contributed by atoms with van der Waals surface area (Å²) in [5.74, 6) is 5.99. The maximum absolute atomic E-state index is 11.3. The van der Waals surface area contributed by atoms with Gasteiger partial charge in [-0.05, 0) is 32.4 Å². The zero-order chi connectivity index (χ0) is 10.8. The second-order valence-corrected chi connectivity index (χ2v) is 4.31. The van der Waals surface area contributed by atoms with Gasteiger partial charge in [0.05, 0.1) is 5.54 Å². The van der Waals surface area contributed by atoms with Crippen molar-refractivity contribution in [2.45, 2.75) is 39.2 Å². The van der Waals surface area contributed by atoms with Crippen molar-refractivity contribution in [3.05, 3.63) is 0 Å². The molecule has 0 aromatic rings. The number of hydrogen-bond donors (Lipinski definition) is 0. The summed E-state index contributed by atoms with van der Waals surface area (Å²) in [5, 5.41) is 0. The Bertz CT molecular complexity index is 278.